The Balaban J connectivity index is 1.83. The van der Waals surface area contributed by atoms with E-state index in [1.54, 1.807) is 0 Å². The fourth-order valence-electron chi connectivity index (χ4n) is 2.79. The largest absolute Gasteiger partial charge is 0.382 e. The lowest BCUT2D eigenvalue weighted by Gasteiger charge is -2.24. The van der Waals surface area contributed by atoms with Crippen molar-refractivity contribution in [2.75, 3.05) is 5.32 Å². The van der Waals surface area contributed by atoms with Crippen LogP contribution in [0.2, 0.25) is 0 Å². The Labute approximate surface area is 114 Å². The zero-order valence-corrected chi connectivity index (χ0v) is 11.7. The third-order valence-electron chi connectivity index (χ3n) is 3.92. The highest BCUT2D eigenvalue weighted by Crippen LogP contribution is 2.26. The Morgan fingerprint density at radius 1 is 1.42 bits per heavy atom. The number of aryl methyl sites for hydroxylation is 2. The van der Waals surface area contributed by atoms with Gasteiger partial charge in [0.2, 0.25) is 0 Å². The van der Waals surface area contributed by atoms with Gasteiger partial charge in [0.15, 0.2) is 0 Å². The Morgan fingerprint density at radius 2 is 2.32 bits per heavy atom. The van der Waals surface area contributed by atoms with E-state index in [1.807, 2.05) is 6.20 Å². The van der Waals surface area contributed by atoms with Gasteiger partial charge in [0, 0.05) is 37.1 Å². The summed E-state index contributed by atoms with van der Waals surface area (Å²) in [5, 5.41) is 3.55. The lowest BCUT2D eigenvalue weighted by Crippen LogP contribution is -2.21. The number of nitrogens with zero attached hydrogens (tertiary/aromatic N) is 2. The molecule has 19 heavy (non-hydrogen) atoms. The highest BCUT2D eigenvalue weighted by atomic mass is 15.0. The van der Waals surface area contributed by atoms with Crippen LogP contribution in [0.15, 0.2) is 30.6 Å². The predicted octanol–water partition coefficient (Wildman–Crippen LogP) is 3.24. The molecule has 0 fully saturated rings. The minimum atomic E-state index is 0.595. The van der Waals surface area contributed by atoms with E-state index in [2.05, 4.69) is 53.1 Å². The number of nitrogens with one attached hydrogen (secondary N) is 1. The summed E-state index contributed by atoms with van der Waals surface area (Å²) < 4.78 is 2.21. The smallest absolute Gasteiger partial charge is 0.113 e. The van der Waals surface area contributed by atoms with Crippen LogP contribution in [0.1, 0.15) is 37.2 Å². The second-order valence-electron chi connectivity index (χ2n) is 5.38. The molecule has 1 aromatic heterocycles. The SMILES string of the molecule is CCn1ccnc1Cc1ccc2c(c1)CCC(C)N2. The molecular formula is C16H21N3. The minimum Gasteiger partial charge on any atom is -0.382 e. The molecule has 1 aliphatic heterocycles. The van der Waals surface area contributed by atoms with Crippen LogP contribution < -0.4 is 5.32 Å². The van der Waals surface area contributed by atoms with Crippen LogP contribution in [0.5, 0.6) is 0 Å². The Hall–Kier alpha value is -1.77. The van der Waals surface area contributed by atoms with Crippen molar-refractivity contribution in [1.29, 1.82) is 0 Å². The summed E-state index contributed by atoms with van der Waals surface area (Å²) in [6.07, 6.45) is 7.26. The molecular weight excluding hydrogens is 234 g/mol. The van der Waals surface area contributed by atoms with Gasteiger partial charge in [-0.25, -0.2) is 4.98 Å². The van der Waals surface area contributed by atoms with Crippen LogP contribution in [0, 0.1) is 0 Å². The monoisotopic (exact) mass is 255 g/mol. The average Bonchev–Trinajstić information content (AvgIpc) is 2.86. The molecule has 3 heteroatoms. The molecule has 0 spiro atoms. The number of benzene rings is 1. The second-order valence-corrected chi connectivity index (χ2v) is 5.38. The molecule has 1 aliphatic rings. The van der Waals surface area contributed by atoms with Crippen molar-refractivity contribution in [3.63, 3.8) is 0 Å². The summed E-state index contributed by atoms with van der Waals surface area (Å²) in [5.74, 6) is 1.15. The first-order chi connectivity index (χ1) is 9.26. The fourth-order valence-corrected chi connectivity index (χ4v) is 2.79. The molecule has 1 atom stereocenters. The van der Waals surface area contributed by atoms with Gasteiger partial charge in [0.25, 0.3) is 0 Å². The van der Waals surface area contributed by atoms with Crippen LogP contribution >= 0.6 is 0 Å². The van der Waals surface area contributed by atoms with E-state index in [0.29, 0.717) is 6.04 Å². The summed E-state index contributed by atoms with van der Waals surface area (Å²) in [5.41, 5.74) is 4.11. The van der Waals surface area contributed by atoms with Crippen LogP contribution in [0.4, 0.5) is 5.69 Å². The third kappa shape index (κ3) is 2.50. The Bertz CT molecular complexity index is 571. The number of anilines is 1. The van der Waals surface area contributed by atoms with E-state index >= 15 is 0 Å². The van der Waals surface area contributed by atoms with Gasteiger partial charge >= 0.3 is 0 Å². The van der Waals surface area contributed by atoms with Gasteiger partial charge < -0.3 is 9.88 Å². The van der Waals surface area contributed by atoms with Gasteiger partial charge in [-0.15, -0.1) is 0 Å². The summed E-state index contributed by atoms with van der Waals surface area (Å²) in [4.78, 5) is 4.45. The zero-order chi connectivity index (χ0) is 13.2. The van der Waals surface area contributed by atoms with Crippen molar-refractivity contribution in [2.45, 2.75) is 45.7 Å². The van der Waals surface area contributed by atoms with E-state index in [1.165, 1.54) is 29.7 Å². The maximum atomic E-state index is 4.45. The summed E-state index contributed by atoms with van der Waals surface area (Å²) >= 11 is 0. The number of aromatic nitrogens is 2. The minimum absolute atomic E-state index is 0.595. The molecule has 2 aromatic rings. The highest BCUT2D eigenvalue weighted by molar-refractivity contribution is 5.55. The normalized spacial score (nSPS) is 17.9. The van der Waals surface area contributed by atoms with Crippen molar-refractivity contribution in [3.05, 3.63) is 47.5 Å². The topological polar surface area (TPSA) is 29.9 Å². The number of hydrogen-bond acceptors (Lipinski definition) is 2. The summed E-state index contributed by atoms with van der Waals surface area (Å²) in [6, 6.07) is 7.37. The zero-order valence-electron chi connectivity index (χ0n) is 11.7. The average molecular weight is 255 g/mol. The standard InChI is InChI=1S/C16H21N3/c1-3-19-9-8-17-16(19)11-13-5-7-15-14(10-13)6-4-12(2)18-15/h5,7-10,12,18H,3-4,6,11H2,1-2H3. The number of fused-ring (bicyclic) bond motifs is 1. The first-order valence-electron chi connectivity index (χ1n) is 7.14. The molecule has 0 saturated heterocycles. The van der Waals surface area contributed by atoms with Gasteiger partial charge in [0.1, 0.15) is 5.82 Å². The van der Waals surface area contributed by atoms with Crippen molar-refractivity contribution in [2.24, 2.45) is 0 Å². The molecule has 0 amide bonds. The first kappa shape index (κ1) is 12.3. The lowest BCUT2D eigenvalue weighted by molar-refractivity contribution is 0.679. The lowest BCUT2D eigenvalue weighted by atomic mass is 9.96. The molecule has 100 valence electrons. The van der Waals surface area contributed by atoms with Gasteiger partial charge in [-0.05, 0) is 43.9 Å². The molecule has 1 N–H and O–H groups in total. The molecule has 0 aliphatic carbocycles. The van der Waals surface area contributed by atoms with Crippen LogP contribution in [0.3, 0.4) is 0 Å². The Morgan fingerprint density at radius 3 is 3.16 bits per heavy atom. The number of rotatable bonds is 3. The van der Waals surface area contributed by atoms with Crippen molar-refractivity contribution in [3.8, 4) is 0 Å². The Kier molecular flexibility index (Phi) is 3.28. The van der Waals surface area contributed by atoms with Gasteiger partial charge in [-0.3, -0.25) is 0 Å². The maximum absolute atomic E-state index is 4.45. The van der Waals surface area contributed by atoms with Crippen LogP contribution in [-0.4, -0.2) is 15.6 Å². The van der Waals surface area contributed by atoms with E-state index in [0.717, 1.165) is 18.8 Å². The van der Waals surface area contributed by atoms with E-state index in [4.69, 9.17) is 0 Å². The van der Waals surface area contributed by atoms with E-state index in [-0.39, 0.29) is 0 Å². The quantitative estimate of drug-likeness (QED) is 0.912. The third-order valence-corrected chi connectivity index (χ3v) is 3.92. The second kappa shape index (κ2) is 5.08. The van der Waals surface area contributed by atoms with E-state index < -0.39 is 0 Å². The molecule has 1 unspecified atom stereocenters. The van der Waals surface area contributed by atoms with E-state index in [9.17, 15) is 0 Å². The van der Waals surface area contributed by atoms with Crippen molar-refractivity contribution in [1.82, 2.24) is 9.55 Å². The number of imidazole rings is 1. The summed E-state index contributed by atoms with van der Waals surface area (Å²) in [6.45, 7) is 5.39. The molecule has 3 rings (SSSR count). The molecule has 1 aromatic carbocycles. The molecule has 2 heterocycles. The maximum Gasteiger partial charge on any atom is 0.113 e. The predicted molar refractivity (Wildman–Crippen MR) is 78.6 cm³/mol. The number of hydrogen-bond donors (Lipinski definition) is 1. The van der Waals surface area contributed by atoms with Crippen LogP contribution in [0.25, 0.3) is 0 Å². The molecule has 3 nitrogen and oxygen atoms in total. The van der Waals surface area contributed by atoms with Gasteiger partial charge in [-0.1, -0.05) is 12.1 Å². The van der Waals surface area contributed by atoms with Crippen molar-refractivity contribution >= 4 is 5.69 Å². The first-order valence-corrected chi connectivity index (χ1v) is 7.14. The molecule has 0 saturated carbocycles. The highest BCUT2D eigenvalue weighted by Gasteiger charge is 2.14. The van der Waals surface area contributed by atoms with Gasteiger partial charge in [-0.2, -0.15) is 0 Å². The molecule has 0 bridgehead atoms. The van der Waals surface area contributed by atoms with Crippen LogP contribution in [-0.2, 0) is 19.4 Å². The van der Waals surface area contributed by atoms with Crippen molar-refractivity contribution < 1.29 is 0 Å². The summed E-state index contributed by atoms with van der Waals surface area (Å²) in [7, 11) is 0. The van der Waals surface area contributed by atoms with Gasteiger partial charge in [0.05, 0.1) is 0 Å². The molecule has 0 radical (unpaired) electrons. The fraction of sp³-hybridized carbons (Fsp3) is 0.438.